The van der Waals surface area contributed by atoms with Crippen LogP contribution in [0.1, 0.15) is 24.8 Å². The molecule has 9 heteroatoms. The Morgan fingerprint density at radius 1 is 1.22 bits per heavy atom. The largest absolute Gasteiger partial charge is 0.491 e. The number of nitrogens with one attached hydrogen (secondary N) is 1. The first-order chi connectivity index (χ1) is 15.5. The van der Waals surface area contributed by atoms with Crippen LogP contribution in [0.2, 0.25) is 0 Å². The van der Waals surface area contributed by atoms with Crippen molar-refractivity contribution in [2.24, 2.45) is 11.7 Å². The molecule has 1 aliphatic heterocycles. The van der Waals surface area contributed by atoms with Crippen molar-refractivity contribution in [3.05, 3.63) is 29.8 Å². The Hall–Kier alpha value is -3.75. The van der Waals surface area contributed by atoms with E-state index in [2.05, 4.69) is 14.9 Å². The Balaban J connectivity index is 1.49. The lowest BCUT2D eigenvalue weighted by Gasteiger charge is -2.17. The highest BCUT2D eigenvalue weighted by Gasteiger charge is 2.35. The summed E-state index contributed by atoms with van der Waals surface area (Å²) in [6.07, 6.45) is 2.89. The number of hydrogen-bond donors (Lipinski definition) is 3. The third kappa shape index (κ3) is 3.04. The van der Waals surface area contributed by atoms with Crippen LogP contribution in [0.15, 0.2) is 28.7 Å². The number of nitrogens with two attached hydrogens (primary N) is 2. The quantitative estimate of drug-likeness (QED) is 0.441. The fourth-order valence-electron chi connectivity index (χ4n) is 4.64. The highest BCUT2D eigenvalue weighted by Crippen LogP contribution is 2.39. The number of fused-ring (bicyclic) bond motifs is 1. The third-order valence-electron chi connectivity index (χ3n) is 6.26. The van der Waals surface area contributed by atoms with Crippen LogP contribution in [0.3, 0.4) is 0 Å². The second-order valence-electron chi connectivity index (χ2n) is 8.69. The van der Waals surface area contributed by atoms with Crippen molar-refractivity contribution >= 4 is 39.7 Å². The Labute approximate surface area is 183 Å². The Bertz CT molecular complexity index is 1380. The van der Waals surface area contributed by atoms with Crippen molar-refractivity contribution in [2.45, 2.75) is 38.8 Å². The molecule has 32 heavy (non-hydrogen) atoms. The average molecular weight is 432 g/mol. The fourth-order valence-corrected chi connectivity index (χ4v) is 4.64. The lowest BCUT2D eigenvalue weighted by Crippen LogP contribution is -2.37. The number of aromatic nitrogens is 3. The summed E-state index contributed by atoms with van der Waals surface area (Å²) in [5.41, 5.74) is 17.2. The van der Waals surface area contributed by atoms with Crippen LogP contribution in [-0.2, 0) is 11.3 Å². The molecule has 5 N–H and O–H groups in total. The summed E-state index contributed by atoms with van der Waals surface area (Å²) in [6, 6.07) is 7.67. The van der Waals surface area contributed by atoms with Gasteiger partial charge in [0.05, 0.1) is 12.1 Å². The zero-order valence-corrected chi connectivity index (χ0v) is 17.7. The molecule has 1 amide bonds. The van der Waals surface area contributed by atoms with Crippen molar-refractivity contribution in [1.82, 2.24) is 14.5 Å². The fraction of sp³-hybridized carbons (Fsp3) is 0.348. The summed E-state index contributed by atoms with van der Waals surface area (Å²) >= 11 is 0. The van der Waals surface area contributed by atoms with E-state index in [1.54, 1.807) is 0 Å². The topological polar surface area (TPSA) is 134 Å². The average Bonchev–Trinajstić information content (AvgIpc) is 3.46. The SMILES string of the molecule is Cc1cc(-c2nc3cc(N[C@H](C(N)=O)C4CC4)cc4c3n2CCCO4)cc2nc(N)oc12. The van der Waals surface area contributed by atoms with Crippen molar-refractivity contribution < 1.29 is 13.9 Å². The Kier molecular flexibility index (Phi) is 4.08. The van der Waals surface area contributed by atoms with Crippen LogP contribution < -0.4 is 21.5 Å². The van der Waals surface area contributed by atoms with Crippen molar-refractivity contribution in [2.75, 3.05) is 17.7 Å². The number of carbonyl (C=O) groups excluding carboxylic acids is 1. The van der Waals surface area contributed by atoms with E-state index in [-0.39, 0.29) is 18.0 Å². The lowest BCUT2D eigenvalue weighted by atomic mass is 10.1. The van der Waals surface area contributed by atoms with Gasteiger partial charge in [0.15, 0.2) is 5.58 Å². The predicted molar refractivity (Wildman–Crippen MR) is 121 cm³/mol. The summed E-state index contributed by atoms with van der Waals surface area (Å²) in [5, 5.41) is 3.32. The number of primary amides is 1. The summed E-state index contributed by atoms with van der Waals surface area (Å²) in [5.74, 6) is 1.55. The van der Waals surface area contributed by atoms with Crippen LogP contribution in [0.5, 0.6) is 5.75 Å². The van der Waals surface area contributed by atoms with Crippen LogP contribution in [-0.4, -0.2) is 33.1 Å². The number of ether oxygens (including phenoxy) is 1. The number of anilines is 2. The molecule has 1 saturated carbocycles. The van der Waals surface area contributed by atoms with E-state index in [4.69, 9.17) is 25.6 Å². The Morgan fingerprint density at radius 2 is 2.06 bits per heavy atom. The van der Waals surface area contributed by atoms with E-state index in [0.29, 0.717) is 23.6 Å². The highest BCUT2D eigenvalue weighted by atomic mass is 16.5. The second kappa shape index (κ2) is 6.88. The molecular formula is C23H24N6O3. The molecule has 6 rings (SSSR count). The molecule has 0 radical (unpaired) electrons. The van der Waals surface area contributed by atoms with Gasteiger partial charge in [-0.1, -0.05) is 0 Å². The maximum atomic E-state index is 11.9. The molecule has 164 valence electrons. The molecule has 2 aromatic carbocycles. The van der Waals surface area contributed by atoms with E-state index in [9.17, 15) is 4.79 Å². The molecule has 3 heterocycles. The Morgan fingerprint density at radius 3 is 2.84 bits per heavy atom. The van der Waals surface area contributed by atoms with E-state index in [1.807, 2.05) is 31.2 Å². The van der Waals surface area contributed by atoms with Gasteiger partial charge in [0.25, 0.3) is 6.01 Å². The molecular weight excluding hydrogens is 408 g/mol. The van der Waals surface area contributed by atoms with E-state index >= 15 is 0 Å². The first kappa shape index (κ1) is 19.0. The van der Waals surface area contributed by atoms with Crippen molar-refractivity contribution in [1.29, 1.82) is 0 Å². The van der Waals surface area contributed by atoms with Gasteiger partial charge < -0.3 is 30.5 Å². The maximum Gasteiger partial charge on any atom is 0.292 e. The molecule has 2 aliphatic rings. The number of imidazole rings is 1. The molecule has 4 aromatic rings. The number of nitrogens with zero attached hydrogens (tertiary/aromatic N) is 3. The molecule has 1 fully saturated rings. The van der Waals surface area contributed by atoms with E-state index < -0.39 is 0 Å². The number of hydrogen-bond acceptors (Lipinski definition) is 7. The summed E-state index contributed by atoms with van der Waals surface area (Å²) in [7, 11) is 0. The number of benzene rings is 2. The zero-order valence-electron chi connectivity index (χ0n) is 17.7. The van der Waals surface area contributed by atoms with E-state index in [1.165, 1.54) is 0 Å². The van der Waals surface area contributed by atoms with Gasteiger partial charge in [-0.2, -0.15) is 4.98 Å². The molecule has 1 aliphatic carbocycles. The van der Waals surface area contributed by atoms with Crippen LogP contribution in [0.25, 0.3) is 33.5 Å². The molecule has 0 spiro atoms. The standard InChI is InChI=1S/C23H24N6O3/c1-11-7-13(8-16-20(11)32-23(25)28-16)22-27-15-9-14(26-18(21(24)30)12-3-4-12)10-17-19(15)29(22)5-2-6-31-17/h7-10,12,18,26H,2-6H2,1H3,(H2,24,30)(H2,25,28)/t18-/m0/s1. The van der Waals surface area contributed by atoms with Crippen molar-refractivity contribution in [3.63, 3.8) is 0 Å². The van der Waals surface area contributed by atoms with Gasteiger partial charge in [-0.05, 0) is 55.9 Å². The monoisotopic (exact) mass is 432 g/mol. The van der Waals surface area contributed by atoms with Crippen LogP contribution in [0.4, 0.5) is 11.7 Å². The first-order valence-corrected chi connectivity index (χ1v) is 10.9. The van der Waals surface area contributed by atoms with Crippen LogP contribution >= 0.6 is 0 Å². The number of oxazole rings is 1. The minimum Gasteiger partial charge on any atom is -0.491 e. The van der Waals surface area contributed by atoms with Gasteiger partial charge in [-0.3, -0.25) is 4.79 Å². The molecule has 0 saturated heterocycles. The summed E-state index contributed by atoms with van der Waals surface area (Å²) in [6.45, 7) is 3.37. The number of rotatable bonds is 5. The number of nitrogen functional groups attached to an aromatic ring is 1. The van der Waals surface area contributed by atoms with Crippen molar-refractivity contribution in [3.8, 4) is 17.1 Å². The maximum absolute atomic E-state index is 11.9. The third-order valence-corrected chi connectivity index (χ3v) is 6.26. The summed E-state index contributed by atoms with van der Waals surface area (Å²) in [4.78, 5) is 21.2. The van der Waals surface area contributed by atoms with Gasteiger partial charge in [0.1, 0.15) is 28.6 Å². The van der Waals surface area contributed by atoms with Gasteiger partial charge in [0, 0.05) is 23.9 Å². The molecule has 0 bridgehead atoms. The summed E-state index contributed by atoms with van der Waals surface area (Å²) < 4.78 is 13.8. The zero-order chi connectivity index (χ0) is 22.0. The number of carbonyl (C=O) groups is 1. The van der Waals surface area contributed by atoms with Gasteiger partial charge >= 0.3 is 0 Å². The number of aryl methyl sites for hydroxylation is 2. The van der Waals surface area contributed by atoms with E-state index in [0.717, 1.165) is 65.2 Å². The molecule has 1 atom stereocenters. The normalized spacial score (nSPS) is 16.7. The minimum atomic E-state index is -0.380. The minimum absolute atomic E-state index is 0.151. The number of amides is 1. The first-order valence-electron chi connectivity index (χ1n) is 10.9. The smallest absolute Gasteiger partial charge is 0.292 e. The van der Waals surface area contributed by atoms with Gasteiger partial charge in [-0.25, -0.2) is 4.98 Å². The molecule has 9 nitrogen and oxygen atoms in total. The highest BCUT2D eigenvalue weighted by molar-refractivity contribution is 5.92. The predicted octanol–water partition coefficient (Wildman–Crippen LogP) is 3.19. The lowest BCUT2D eigenvalue weighted by molar-refractivity contribution is -0.119. The molecule has 2 aromatic heterocycles. The van der Waals surface area contributed by atoms with Gasteiger partial charge in [0.2, 0.25) is 5.91 Å². The molecule has 0 unspecified atom stereocenters. The van der Waals surface area contributed by atoms with Crippen LogP contribution in [0, 0.1) is 12.8 Å². The van der Waals surface area contributed by atoms with Gasteiger partial charge in [-0.15, -0.1) is 0 Å². The second-order valence-corrected chi connectivity index (χ2v) is 8.69.